The van der Waals surface area contributed by atoms with Gasteiger partial charge in [-0.15, -0.1) is 0 Å². The standard InChI is InChI=1S/C24H31NO4/c1-15-8-9-18-17(12-15)21-19(26)13-16(14-20(21)29-24(18,4)5)23(2,3)22(27)28-11-7-6-10-25/h8,13-14,17-18,26H,6-7,9,11-12H2,1-5H3/t17-,18?/m1/s1. The Morgan fingerprint density at radius 2 is 2.14 bits per heavy atom. The molecule has 0 amide bonds. The van der Waals surface area contributed by atoms with Crippen molar-refractivity contribution in [1.29, 1.82) is 5.26 Å². The first-order valence-electron chi connectivity index (χ1n) is 10.3. The van der Waals surface area contributed by atoms with Gasteiger partial charge >= 0.3 is 5.97 Å². The van der Waals surface area contributed by atoms with Crippen LogP contribution in [0.4, 0.5) is 0 Å². The maximum atomic E-state index is 12.7. The van der Waals surface area contributed by atoms with E-state index in [1.807, 2.05) is 12.1 Å². The number of carbonyl (C=O) groups is 1. The van der Waals surface area contributed by atoms with Crippen molar-refractivity contribution in [2.45, 2.75) is 77.2 Å². The highest BCUT2D eigenvalue weighted by Gasteiger charge is 2.46. The fraction of sp³-hybridized carbons (Fsp3) is 0.583. The molecule has 0 saturated carbocycles. The van der Waals surface area contributed by atoms with Gasteiger partial charge in [-0.25, -0.2) is 0 Å². The summed E-state index contributed by atoms with van der Waals surface area (Å²) in [5.74, 6) is 0.968. The lowest BCUT2D eigenvalue weighted by Crippen LogP contribution is -2.45. The second kappa shape index (κ2) is 7.74. The van der Waals surface area contributed by atoms with Crippen LogP contribution in [0.1, 0.15) is 77.3 Å². The second-order valence-corrected chi connectivity index (χ2v) is 9.34. The van der Waals surface area contributed by atoms with Crippen molar-refractivity contribution in [1.82, 2.24) is 0 Å². The highest BCUT2D eigenvalue weighted by molar-refractivity contribution is 5.82. The molecular formula is C24H31NO4. The molecule has 1 unspecified atom stereocenters. The van der Waals surface area contributed by atoms with Crippen molar-refractivity contribution in [3.8, 4) is 17.6 Å². The first kappa shape index (κ1) is 21.2. The number of phenolic OH excluding ortho intramolecular Hbond substituents is 1. The maximum Gasteiger partial charge on any atom is 0.315 e. The van der Waals surface area contributed by atoms with E-state index in [2.05, 4.69) is 26.8 Å². The van der Waals surface area contributed by atoms with Crippen LogP contribution in [0.2, 0.25) is 0 Å². The van der Waals surface area contributed by atoms with Crippen LogP contribution in [0.5, 0.6) is 11.5 Å². The first-order valence-corrected chi connectivity index (χ1v) is 10.3. The molecule has 29 heavy (non-hydrogen) atoms. The van der Waals surface area contributed by atoms with Crippen LogP contribution in [0.15, 0.2) is 23.8 Å². The lowest BCUT2D eigenvalue weighted by Gasteiger charge is -2.47. The van der Waals surface area contributed by atoms with Crippen LogP contribution in [0.3, 0.4) is 0 Å². The van der Waals surface area contributed by atoms with Crippen LogP contribution >= 0.6 is 0 Å². The number of nitriles is 1. The van der Waals surface area contributed by atoms with E-state index in [1.165, 1.54) is 5.57 Å². The van der Waals surface area contributed by atoms with Gasteiger partial charge in [0.25, 0.3) is 0 Å². The molecule has 156 valence electrons. The van der Waals surface area contributed by atoms with Gasteiger partial charge in [0.2, 0.25) is 0 Å². The van der Waals surface area contributed by atoms with Gasteiger partial charge in [0, 0.05) is 23.8 Å². The number of fused-ring (bicyclic) bond motifs is 3. The van der Waals surface area contributed by atoms with Crippen molar-refractivity contribution < 1.29 is 19.4 Å². The van der Waals surface area contributed by atoms with Gasteiger partial charge < -0.3 is 14.6 Å². The molecule has 2 aliphatic rings. The zero-order valence-electron chi connectivity index (χ0n) is 18.0. The molecular weight excluding hydrogens is 366 g/mol. The molecule has 0 bridgehead atoms. The van der Waals surface area contributed by atoms with Crippen LogP contribution in [0.25, 0.3) is 0 Å². The fourth-order valence-corrected chi connectivity index (χ4v) is 4.54. The number of carbonyl (C=O) groups excluding carboxylic acids is 1. The van der Waals surface area contributed by atoms with E-state index in [0.29, 0.717) is 30.1 Å². The molecule has 0 fully saturated rings. The SMILES string of the molecule is CC1=CCC2[C@@H](C1)c1c(O)cc(C(C)(C)C(=O)OCCCC#N)cc1OC2(C)C. The monoisotopic (exact) mass is 397 g/mol. The fourth-order valence-electron chi connectivity index (χ4n) is 4.54. The molecule has 1 aromatic rings. The van der Waals surface area contributed by atoms with Gasteiger partial charge in [-0.2, -0.15) is 5.26 Å². The van der Waals surface area contributed by atoms with Crippen LogP contribution in [-0.4, -0.2) is 23.3 Å². The Balaban J connectivity index is 1.93. The van der Waals surface area contributed by atoms with Gasteiger partial charge in [-0.3, -0.25) is 4.79 Å². The van der Waals surface area contributed by atoms with E-state index in [4.69, 9.17) is 14.7 Å². The Morgan fingerprint density at radius 1 is 1.41 bits per heavy atom. The quantitative estimate of drug-likeness (QED) is 0.423. The highest BCUT2D eigenvalue weighted by atomic mass is 16.5. The summed E-state index contributed by atoms with van der Waals surface area (Å²) < 4.78 is 11.7. The van der Waals surface area contributed by atoms with E-state index < -0.39 is 5.41 Å². The number of aromatic hydroxyl groups is 1. The average Bonchev–Trinajstić information content (AvgIpc) is 2.63. The Bertz CT molecular complexity index is 876. The lowest BCUT2D eigenvalue weighted by molar-refractivity contribution is -0.149. The average molecular weight is 398 g/mol. The minimum Gasteiger partial charge on any atom is -0.508 e. The first-order chi connectivity index (χ1) is 13.6. The smallest absolute Gasteiger partial charge is 0.315 e. The Labute approximate surface area is 173 Å². The number of hydrogen-bond donors (Lipinski definition) is 1. The number of unbranched alkanes of at least 4 members (excludes halogenated alkanes) is 1. The van der Waals surface area contributed by atoms with Gasteiger partial charge in [0.1, 0.15) is 17.1 Å². The van der Waals surface area contributed by atoms with Crippen molar-refractivity contribution in [3.05, 3.63) is 34.9 Å². The molecule has 3 rings (SSSR count). The maximum absolute atomic E-state index is 12.7. The lowest BCUT2D eigenvalue weighted by atomic mass is 9.67. The molecule has 5 heteroatoms. The van der Waals surface area contributed by atoms with Crippen molar-refractivity contribution in [2.24, 2.45) is 5.92 Å². The summed E-state index contributed by atoms with van der Waals surface area (Å²) >= 11 is 0. The molecule has 0 saturated heterocycles. The summed E-state index contributed by atoms with van der Waals surface area (Å²) in [4.78, 5) is 12.7. The molecule has 1 aliphatic heterocycles. The summed E-state index contributed by atoms with van der Waals surface area (Å²) in [6, 6.07) is 5.61. The Hall–Kier alpha value is -2.48. The third-order valence-electron chi connectivity index (χ3n) is 6.40. The van der Waals surface area contributed by atoms with Gasteiger partial charge in [-0.1, -0.05) is 11.6 Å². The van der Waals surface area contributed by atoms with Crippen molar-refractivity contribution in [2.75, 3.05) is 6.61 Å². The Morgan fingerprint density at radius 3 is 2.83 bits per heavy atom. The minimum atomic E-state index is -0.939. The zero-order valence-corrected chi connectivity index (χ0v) is 18.0. The summed E-state index contributed by atoms with van der Waals surface area (Å²) in [5.41, 5.74) is 1.55. The van der Waals surface area contributed by atoms with Crippen LogP contribution in [0, 0.1) is 17.2 Å². The number of nitrogens with zero attached hydrogens (tertiary/aromatic N) is 1. The van der Waals surface area contributed by atoms with Gasteiger partial charge in [0.15, 0.2) is 0 Å². The second-order valence-electron chi connectivity index (χ2n) is 9.34. The van der Waals surface area contributed by atoms with Crippen LogP contribution in [-0.2, 0) is 14.9 Å². The largest absolute Gasteiger partial charge is 0.508 e. The van der Waals surface area contributed by atoms with E-state index in [-0.39, 0.29) is 29.8 Å². The van der Waals surface area contributed by atoms with E-state index in [0.717, 1.165) is 18.4 Å². The van der Waals surface area contributed by atoms with E-state index >= 15 is 0 Å². The predicted octanol–water partition coefficient (Wildman–Crippen LogP) is 5.13. The number of allylic oxidation sites excluding steroid dienone is 2. The van der Waals surface area contributed by atoms with E-state index in [1.54, 1.807) is 19.9 Å². The summed E-state index contributed by atoms with van der Waals surface area (Å²) in [6.07, 6.45) is 4.98. The predicted molar refractivity (Wildman–Crippen MR) is 111 cm³/mol. The number of phenols is 1. The molecule has 0 aromatic heterocycles. The molecule has 1 aliphatic carbocycles. The van der Waals surface area contributed by atoms with Crippen molar-refractivity contribution in [3.63, 3.8) is 0 Å². The molecule has 0 spiro atoms. The molecule has 5 nitrogen and oxygen atoms in total. The topological polar surface area (TPSA) is 79.5 Å². The molecule has 0 radical (unpaired) electrons. The molecule has 1 aromatic carbocycles. The zero-order chi connectivity index (χ0) is 21.4. The third kappa shape index (κ3) is 3.99. The summed E-state index contributed by atoms with van der Waals surface area (Å²) in [7, 11) is 0. The van der Waals surface area contributed by atoms with E-state index in [9.17, 15) is 9.90 Å². The minimum absolute atomic E-state index is 0.183. The molecule has 1 heterocycles. The number of esters is 1. The molecule has 2 atom stereocenters. The highest BCUT2D eigenvalue weighted by Crippen LogP contribution is 2.54. The normalized spacial score (nSPS) is 22.4. The number of ether oxygens (including phenoxy) is 2. The van der Waals surface area contributed by atoms with Gasteiger partial charge in [-0.05, 0) is 71.6 Å². The van der Waals surface area contributed by atoms with Crippen molar-refractivity contribution >= 4 is 5.97 Å². The van der Waals surface area contributed by atoms with Crippen LogP contribution < -0.4 is 4.74 Å². The Kier molecular flexibility index (Phi) is 5.67. The summed E-state index contributed by atoms with van der Waals surface area (Å²) in [6.45, 7) is 10.1. The summed E-state index contributed by atoms with van der Waals surface area (Å²) in [5, 5.41) is 19.6. The van der Waals surface area contributed by atoms with Gasteiger partial charge in [0.05, 0.1) is 18.1 Å². The number of hydrogen-bond acceptors (Lipinski definition) is 5. The number of rotatable bonds is 5. The third-order valence-corrected chi connectivity index (χ3v) is 6.40. The molecule has 1 N–H and O–H groups in total. The number of benzene rings is 1.